The first-order valence-corrected chi connectivity index (χ1v) is 11.7. The third-order valence-electron chi connectivity index (χ3n) is 5.54. The minimum absolute atomic E-state index is 0.313. The van der Waals surface area contributed by atoms with Gasteiger partial charge >= 0.3 is 5.97 Å². The molecule has 5 nitrogen and oxygen atoms in total. The lowest BCUT2D eigenvalue weighted by atomic mass is 9.99. The number of carbonyl (C=O) groups excluding carboxylic acids is 1. The molecule has 178 valence electrons. The fraction of sp³-hybridized carbons (Fsp3) is 0.276. The van der Waals surface area contributed by atoms with Crippen LogP contribution < -0.4 is 15.8 Å². The van der Waals surface area contributed by atoms with Gasteiger partial charge in [0.1, 0.15) is 5.75 Å². The number of nitrogen functional groups attached to an aromatic ring is 1. The smallest absolute Gasteiger partial charge is 0.333 e. The summed E-state index contributed by atoms with van der Waals surface area (Å²) in [5.74, 6) is 0.558. The summed E-state index contributed by atoms with van der Waals surface area (Å²) in [7, 11) is 1.89. The van der Waals surface area contributed by atoms with Crippen molar-refractivity contribution in [2.24, 2.45) is 0 Å². The highest BCUT2D eigenvalue weighted by Gasteiger charge is 2.04. The molecule has 0 amide bonds. The lowest BCUT2D eigenvalue weighted by Crippen LogP contribution is -2.06. The standard InChI is InChI=1S/C29H34N2O3/c1-21(2)29(32)34-17-7-5-4-6-16-33-28-14-12-23(13-15-28)22-8-10-24(11-9-22)25-18-26(30)20-27(19-25)31-3/h8-15,18-20,31H,1,4-7,16-17,30H2,2-3H3. The minimum Gasteiger partial charge on any atom is -0.494 e. The molecule has 0 aliphatic rings. The first-order chi connectivity index (χ1) is 16.5. The molecule has 34 heavy (non-hydrogen) atoms. The van der Waals surface area contributed by atoms with Gasteiger partial charge in [-0.05, 0) is 85.2 Å². The molecule has 0 unspecified atom stereocenters. The van der Waals surface area contributed by atoms with Gasteiger partial charge in [0.15, 0.2) is 0 Å². The average molecular weight is 459 g/mol. The second-order valence-electron chi connectivity index (χ2n) is 8.37. The number of esters is 1. The van der Waals surface area contributed by atoms with Crippen molar-refractivity contribution in [1.29, 1.82) is 0 Å². The number of anilines is 2. The summed E-state index contributed by atoms with van der Waals surface area (Å²) in [6, 6.07) is 22.7. The molecule has 0 radical (unpaired) electrons. The highest BCUT2D eigenvalue weighted by molar-refractivity contribution is 5.86. The maximum Gasteiger partial charge on any atom is 0.333 e. The molecular formula is C29H34N2O3. The first-order valence-electron chi connectivity index (χ1n) is 11.7. The van der Waals surface area contributed by atoms with Gasteiger partial charge in [-0.2, -0.15) is 0 Å². The molecular weight excluding hydrogens is 424 g/mol. The van der Waals surface area contributed by atoms with Crippen molar-refractivity contribution in [3.8, 4) is 28.0 Å². The van der Waals surface area contributed by atoms with Gasteiger partial charge in [-0.3, -0.25) is 0 Å². The van der Waals surface area contributed by atoms with Crippen molar-refractivity contribution in [1.82, 2.24) is 0 Å². The van der Waals surface area contributed by atoms with Gasteiger partial charge in [0.2, 0.25) is 0 Å². The summed E-state index contributed by atoms with van der Waals surface area (Å²) in [5, 5.41) is 3.15. The van der Waals surface area contributed by atoms with E-state index in [1.165, 1.54) is 0 Å². The third kappa shape index (κ3) is 7.41. The summed E-state index contributed by atoms with van der Waals surface area (Å²) in [6.45, 7) is 6.35. The molecule has 0 aliphatic heterocycles. The zero-order valence-electron chi connectivity index (χ0n) is 20.1. The lowest BCUT2D eigenvalue weighted by molar-refractivity contribution is -0.139. The van der Waals surface area contributed by atoms with E-state index in [4.69, 9.17) is 15.2 Å². The molecule has 5 heteroatoms. The minimum atomic E-state index is -0.313. The fourth-order valence-corrected chi connectivity index (χ4v) is 3.60. The topological polar surface area (TPSA) is 73.6 Å². The highest BCUT2D eigenvalue weighted by Crippen LogP contribution is 2.29. The molecule has 3 aromatic rings. The van der Waals surface area contributed by atoms with Crippen molar-refractivity contribution in [3.05, 3.63) is 78.9 Å². The van der Waals surface area contributed by atoms with Gasteiger partial charge in [0.25, 0.3) is 0 Å². The second kappa shape index (κ2) is 12.5. The highest BCUT2D eigenvalue weighted by atomic mass is 16.5. The number of hydrogen-bond acceptors (Lipinski definition) is 5. The van der Waals surface area contributed by atoms with Gasteiger partial charge < -0.3 is 20.5 Å². The normalized spacial score (nSPS) is 10.5. The van der Waals surface area contributed by atoms with E-state index in [1.54, 1.807) is 6.92 Å². The van der Waals surface area contributed by atoms with Crippen molar-refractivity contribution in [3.63, 3.8) is 0 Å². The quantitative estimate of drug-likeness (QED) is 0.137. The largest absolute Gasteiger partial charge is 0.494 e. The maximum absolute atomic E-state index is 11.3. The third-order valence-corrected chi connectivity index (χ3v) is 5.54. The van der Waals surface area contributed by atoms with Crippen LogP contribution in [0.5, 0.6) is 5.75 Å². The molecule has 0 saturated carbocycles. The number of hydrogen-bond donors (Lipinski definition) is 2. The Morgan fingerprint density at radius 3 is 1.97 bits per heavy atom. The van der Waals surface area contributed by atoms with Crippen LogP contribution in [-0.4, -0.2) is 26.2 Å². The summed E-state index contributed by atoms with van der Waals surface area (Å²) in [6.07, 6.45) is 3.88. The second-order valence-corrected chi connectivity index (χ2v) is 8.37. The Kier molecular flexibility index (Phi) is 9.15. The number of ether oxygens (including phenoxy) is 2. The van der Waals surface area contributed by atoms with Gasteiger partial charge in [-0.1, -0.05) is 43.0 Å². The van der Waals surface area contributed by atoms with Crippen LogP contribution in [0.1, 0.15) is 32.6 Å². The van der Waals surface area contributed by atoms with Gasteiger partial charge in [-0.25, -0.2) is 4.79 Å². The number of nitrogens with two attached hydrogens (primary N) is 1. The average Bonchev–Trinajstić information content (AvgIpc) is 2.85. The van der Waals surface area contributed by atoms with Gasteiger partial charge in [0.05, 0.1) is 13.2 Å². The Morgan fingerprint density at radius 2 is 1.38 bits per heavy atom. The van der Waals surface area contributed by atoms with Gasteiger partial charge in [0, 0.05) is 24.0 Å². The van der Waals surface area contributed by atoms with Crippen molar-refractivity contribution in [2.75, 3.05) is 31.3 Å². The molecule has 0 atom stereocenters. The molecule has 3 N–H and O–H groups in total. The Labute approximate surface area is 202 Å². The van der Waals surface area contributed by atoms with Crippen molar-refractivity contribution >= 4 is 17.3 Å². The number of carbonyl (C=O) groups is 1. The van der Waals surface area contributed by atoms with E-state index in [1.807, 2.05) is 31.3 Å². The van der Waals surface area contributed by atoms with Crippen LogP contribution in [0.25, 0.3) is 22.3 Å². The molecule has 0 saturated heterocycles. The lowest BCUT2D eigenvalue weighted by Gasteiger charge is -2.10. The molecule has 3 aromatic carbocycles. The summed E-state index contributed by atoms with van der Waals surface area (Å²) in [5.41, 5.74) is 12.7. The number of rotatable bonds is 12. The summed E-state index contributed by atoms with van der Waals surface area (Å²) in [4.78, 5) is 11.3. The van der Waals surface area contributed by atoms with Crippen LogP contribution in [0.15, 0.2) is 78.9 Å². The Morgan fingerprint density at radius 1 is 0.824 bits per heavy atom. The van der Waals surface area contributed by atoms with Crippen LogP contribution in [0.2, 0.25) is 0 Å². The van der Waals surface area contributed by atoms with E-state index in [2.05, 4.69) is 54.4 Å². The maximum atomic E-state index is 11.3. The molecule has 0 fully saturated rings. The fourth-order valence-electron chi connectivity index (χ4n) is 3.60. The zero-order valence-corrected chi connectivity index (χ0v) is 20.1. The molecule has 0 aromatic heterocycles. The molecule has 3 rings (SSSR count). The summed E-state index contributed by atoms with van der Waals surface area (Å²) >= 11 is 0. The Hall–Kier alpha value is -3.73. The van der Waals surface area contributed by atoms with Crippen molar-refractivity contribution in [2.45, 2.75) is 32.6 Å². The summed E-state index contributed by atoms with van der Waals surface area (Å²) < 4.78 is 11.0. The monoisotopic (exact) mass is 458 g/mol. The number of unbranched alkanes of at least 4 members (excludes halogenated alkanes) is 3. The van der Waals surface area contributed by atoms with E-state index < -0.39 is 0 Å². The van der Waals surface area contributed by atoms with Crippen molar-refractivity contribution < 1.29 is 14.3 Å². The molecule has 0 heterocycles. The van der Waals surface area contributed by atoms with Gasteiger partial charge in [-0.15, -0.1) is 0 Å². The van der Waals surface area contributed by atoms with Crippen LogP contribution in [0, 0.1) is 0 Å². The first kappa shape index (κ1) is 24.9. The molecule has 0 aliphatic carbocycles. The van der Waals surface area contributed by atoms with Crippen LogP contribution in [0.4, 0.5) is 11.4 Å². The van der Waals surface area contributed by atoms with E-state index in [0.717, 1.165) is 65.1 Å². The van der Waals surface area contributed by atoms with E-state index >= 15 is 0 Å². The Balaban J connectivity index is 1.43. The predicted octanol–water partition coefficient (Wildman–Crippen LogP) is 6.70. The number of nitrogens with one attached hydrogen (secondary N) is 1. The van der Waals surface area contributed by atoms with Crippen LogP contribution in [-0.2, 0) is 9.53 Å². The van der Waals surface area contributed by atoms with E-state index in [9.17, 15) is 4.79 Å². The van der Waals surface area contributed by atoms with Crippen LogP contribution >= 0.6 is 0 Å². The number of benzene rings is 3. The van der Waals surface area contributed by atoms with Crippen LogP contribution in [0.3, 0.4) is 0 Å². The predicted molar refractivity (Wildman–Crippen MR) is 141 cm³/mol. The Bertz CT molecular complexity index is 1090. The molecule has 0 bridgehead atoms. The SMILES string of the molecule is C=C(C)C(=O)OCCCCCCOc1ccc(-c2ccc(-c3cc(N)cc(NC)c3)cc2)cc1. The zero-order chi connectivity index (χ0) is 24.3. The van der Waals surface area contributed by atoms with E-state index in [0.29, 0.717) is 18.8 Å². The van der Waals surface area contributed by atoms with E-state index in [-0.39, 0.29) is 5.97 Å². The molecule has 0 spiro atoms.